The van der Waals surface area contributed by atoms with Crippen LogP contribution in [0.5, 0.6) is 0 Å². The number of oxime groups is 1. The van der Waals surface area contributed by atoms with E-state index in [9.17, 15) is 0 Å². The molecule has 0 unspecified atom stereocenters. The SMILES string of the molecule is Cc1cc(C(N)=NO)nc(N(C)CC(C)C)n1. The number of hydrogen-bond acceptors (Lipinski definition) is 5. The van der Waals surface area contributed by atoms with E-state index in [-0.39, 0.29) is 5.84 Å². The molecule has 0 aromatic carbocycles. The molecule has 0 saturated heterocycles. The molecule has 0 amide bonds. The molecule has 0 aliphatic carbocycles. The van der Waals surface area contributed by atoms with Gasteiger partial charge in [0.05, 0.1) is 0 Å². The van der Waals surface area contributed by atoms with Crippen molar-refractivity contribution in [3.8, 4) is 0 Å². The Morgan fingerprint density at radius 2 is 2.18 bits per heavy atom. The predicted molar refractivity (Wildman–Crippen MR) is 67.4 cm³/mol. The Bertz CT molecular complexity index is 416. The molecule has 1 rings (SSSR count). The maximum absolute atomic E-state index is 8.64. The fourth-order valence-corrected chi connectivity index (χ4v) is 1.54. The van der Waals surface area contributed by atoms with E-state index in [0.29, 0.717) is 17.6 Å². The summed E-state index contributed by atoms with van der Waals surface area (Å²) in [5.74, 6) is 1.09. The highest BCUT2D eigenvalue weighted by atomic mass is 16.4. The minimum absolute atomic E-state index is 0.00491. The summed E-state index contributed by atoms with van der Waals surface area (Å²) in [6.07, 6.45) is 0. The monoisotopic (exact) mass is 237 g/mol. The maximum atomic E-state index is 8.64. The predicted octanol–water partition coefficient (Wildman–Crippen LogP) is 0.972. The van der Waals surface area contributed by atoms with E-state index in [1.54, 1.807) is 6.07 Å². The minimum Gasteiger partial charge on any atom is -0.409 e. The number of aromatic nitrogens is 2. The van der Waals surface area contributed by atoms with Crippen molar-refractivity contribution in [3.05, 3.63) is 17.5 Å². The summed E-state index contributed by atoms with van der Waals surface area (Å²) < 4.78 is 0. The van der Waals surface area contributed by atoms with Gasteiger partial charge in [0.1, 0.15) is 5.69 Å². The van der Waals surface area contributed by atoms with Crippen LogP contribution in [-0.4, -0.2) is 34.6 Å². The summed E-state index contributed by atoms with van der Waals surface area (Å²) in [6, 6.07) is 1.68. The van der Waals surface area contributed by atoms with Crippen LogP contribution >= 0.6 is 0 Å². The molecule has 94 valence electrons. The molecular formula is C11H19N5O. The molecule has 0 aliphatic heterocycles. The van der Waals surface area contributed by atoms with E-state index in [1.165, 1.54) is 0 Å². The number of hydrogen-bond donors (Lipinski definition) is 2. The van der Waals surface area contributed by atoms with Gasteiger partial charge in [0.15, 0.2) is 5.84 Å². The molecule has 6 heteroatoms. The zero-order valence-electron chi connectivity index (χ0n) is 10.7. The molecule has 0 radical (unpaired) electrons. The Morgan fingerprint density at radius 3 is 2.71 bits per heavy atom. The molecule has 0 fully saturated rings. The van der Waals surface area contributed by atoms with Crippen LogP contribution in [0, 0.1) is 12.8 Å². The highest BCUT2D eigenvalue weighted by Gasteiger charge is 2.10. The Morgan fingerprint density at radius 1 is 1.53 bits per heavy atom. The van der Waals surface area contributed by atoms with Crippen molar-refractivity contribution in [2.24, 2.45) is 16.8 Å². The number of nitrogens with two attached hydrogens (primary N) is 1. The Hall–Kier alpha value is -1.85. The average molecular weight is 237 g/mol. The van der Waals surface area contributed by atoms with Gasteiger partial charge in [-0.3, -0.25) is 0 Å². The van der Waals surface area contributed by atoms with Crippen molar-refractivity contribution in [1.82, 2.24) is 9.97 Å². The molecule has 6 nitrogen and oxygen atoms in total. The van der Waals surface area contributed by atoms with Crippen LogP contribution in [0.1, 0.15) is 25.2 Å². The summed E-state index contributed by atoms with van der Waals surface area (Å²) >= 11 is 0. The third-order valence-corrected chi connectivity index (χ3v) is 2.19. The zero-order valence-corrected chi connectivity index (χ0v) is 10.7. The van der Waals surface area contributed by atoms with Gasteiger partial charge < -0.3 is 15.8 Å². The molecule has 0 saturated carbocycles. The van der Waals surface area contributed by atoms with E-state index >= 15 is 0 Å². The smallest absolute Gasteiger partial charge is 0.225 e. The number of nitrogens with zero attached hydrogens (tertiary/aromatic N) is 4. The van der Waals surface area contributed by atoms with Crippen LogP contribution in [-0.2, 0) is 0 Å². The topological polar surface area (TPSA) is 87.6 Å². The van der Waals surface area contributed by atoms with Crippen LogP contribution in [0.2, 0.25) is 0 Å². The van der Waals surface area contributed by atoms with Gasteiger partial charge in [0.2, 0.25) is 5.95 Å². The van der Waals surface area contributed by atoms with Gasteiger partial charge in [-0.05, 0) is 18.9 Å². The summed E-state index contributed by atoms with van der Waals surface area (Å²) in [7, 11) is 1.92. The largest absolute Gasteiger partial charge is 0.409 e. The second-order valence-electron chi connectivity index (χ2n) is 4.45. The highest BCUT2D eigenvalue weighted by Crippen LogP contribution is 2.10. The molecule has 0 aliphatic rings. The number of rotatable bonds is 4. The van der Waals surface area contributed by atoms with Gasteiger partial charge in [-0.2, -0.15) is 0 Å². The van der Waals surface area contributed by atoms with Crippen molar-refractivity contribution < 1.29 is 5.21 Å². The first-order chi connectivity index (χ1) is 7.93. The molecule has 1 aromatic heterocycles. The number of amidine groups is 1. The van der Waals surface area contributed by atoms with Crippen molar-refractivity contribution in [3.63, 3.8) is 0 Å². The molecule has 0 atom stereocenters. The van der Waals surface area contributed by atoms with E-state index in [0.717, 1.165) is 12.2 Å². The standard InChI is InChI=1S/C11H19N5O/c1-7(2)6-16(4)11-13-8(3)5-9(14-11)10(12)15-17/h5,7,17H,6H2,1-4H3,(H2,12,15). The molecule has 17 heavy (non-hydrogen) atoms. The summed E-state index contributed by atoms with van der Waals surface area (Å²) in [4.78, 5) is 10.5. The van der Waals surface area contributed by atoms with Crippen LogP contribution < -0.4 is 10.6 Å². The Labute approximate surface area is 101 Å². The number of anilines is 1. The van der Waals surface area contributed by atoms with Gasteiger partial charge in [-0.15, -0.1) is 0 Å². The van der Waals surface area contributed by atoms with Gasteiger partial charge in [0.25, 0.3) is 0 Å². The molecule has 1 aromatic rings. The van der Waals surface area contributed by atoms with Crippen LogP contribution in [0.4, 0.5) is 5.95 Å². The Kier molecular flexibility index (Phi) is 4.25. The fraction of sp³-hybridized carbons (Fsp3) is 0.545. The highest BCUT2D eigenvalue weighted by molar-refractivity contribution is 5.95. The lowest BCUT2D eigenvalue weighted by molar-refractivity contribution is 0.318. The second kappa shape index (κ2) is 5.47. The van der Waals surface area contributed by atoms with E-state index < -0.39 is 0 Å². The molecule has 3 N–H and O–H groups in total. The summed E-state index contributed by atoms with van der Waals surface area (Å²) in [5.41, 5.74) is 6.74. The fourth-order valence-electron chi connectivity index (χ4n) is 1.54. The first-order valence-electron chi connectivity index (χ1n) is 5.48. The van der Waals surface area contributed by atoms with E-state index in [4.69, 9.17) is 10.9 Å². The van der Waals surface area contributed by atoms with Gasteiger partial charge in [-0.1, -0.05) is 19.0 Å². The Balaban J connectivity index is 3.05. The molecular weight excluding hydrogens is 218 g/mol. The van der Waals surface area contributed by atoms with Crippen molar-refractivity contribution in [1.29, 1.82) is 0 Å². The molecule has 1 heterocycles. The van der Waals surface area contributed by atoms with Crippen molar-refractivity contribution in [2.45, 2.75) is 20.8 Å². The minimum atomic E-state index is -0.00491. The zero-order chi connectivity index (χ0) is 13.0. The summed E-state index contributed by atoms with van der Waals surface area (Å²) in [5, 5.41) is 11.6. The van der Waals surface area contributed by atoms with E-state index in [2.05, 4.69) is 29.0 Å². The third-order valence-electron chi connectivity index (χ3n) is 2.19. The maximum Gasteiger partial charge on any atom is 0.225 e. The van der Waals surface area contributed by atoms with E-state index in [1.807, 2.05) is 18.9 Å². The van der Waals surface area contributed by atoms with Gasteiger partial charge in [-0.25, -0.2) is 9.97 Å². The first-order valence-corrected chi connectivity index (χ1v) is 5.48. The second-order valence-corrected chi connectivity index (χ2v) is 4.45. The number of aryl methyl sites for hydroxylation is 1. The lowest BCUT2D eigenvalue weighted by Gasteiger charge is -2.19. The quantitative estimate of drug-likeness (QED) is 0.352. The normalized spacial score (nSPS) is 11.9. The van der Waals surface area contributed by atoms with Crippen LogP contribution in [0.25, 0.3) is 0 Å². The van der Waals surface area contributed by atoms with Gasteiger partial charge >= 0.3 is 0 Å². The van der Waals surface area contributed by atoms with Gasteiger partial charge in [0, 0.05) is 19.3 Å². The molecule has 0 bridgehead atoms. The van der Waals surface area contributed by atoms with Crippen LogP contribution in [0.3, 0.4) is 0 Å². The van der Waals surface area contributed by atoms with Crippen molar-refractivity contribution in [2.75, 3.05) is 18.5 Å². The lowest BCUT2D eigenvalue weighted by Crippen LogP contribution is -2.26. The third kappa shape index (κ3) is 3.58. The summed E-state index contributed by atoms with van der Waals surface area (Å²) in [6.45, 7) is 6.94. The van der Waals surface area contributed by atoms with Crippen molar-refractivity contribution >= 4 is 11.8 Å². The lowest BCUT2D eigenvalue weighted by atomic mass is 10.2. The molecule has 0 spiro atoms. The van der Waals surface area contributed by atoms with Crippen LogP contribution in [0.15, 0.2) is 11.2 Å². The average Bonchev–Trinajstić information content (AvgIpc) is 2.26. The first kappa shape index (κ1) is 13.2.